The summed E-state index contributed by atoms with van der Waals surface area (Å²) in [5.41, 5.74) is 1.08. The second-order valence-corrected chi connectivity index (χ2v) is 4.96. The van der Waals surface area contributed by atoms with Crippen LogP contribution in [-0.4, -0.2) is 16.9 Å². The maximum atomic E-state index is 12.8. The molecular weight excluding hydrogens is 294 g/mol. The van der Waals surface area contributed by atoms with Gasteiger partial charge in [0.2, 0.25) is 6.04 Å². The van der Waals surface area contributed by atoms with E-state index in [0.717, 1.165) is 0 Å². The van der Waals surface area contributed by atoms with E-state index in [1.54, 1.807) is 54.6 Å². The van der Waals surface area contributed by atoms with Gasteiger partial charge in [0.05, 0.1) is 16.7 Å². The Kier molecular flexibility index (Phi) is 3.61. The third-order valence-electron chi connectivity index (χ3n) is 3.61. The van der Waals surface area contributed by atoms with Gasteiger partial charge < -0.3 is 0 Å². The van der Waals surface area contributed by atoms with E-state index in [2.05, 4.69) is 0 Å². The second kappa shape index (κ2) is 5.73. The quantitative estimate of drug-likeness (QED) is 0.630. The summed E-state index contributed by atoms with van der Waals surface area (Å²) in [5.74, 6) is -0.447. The fraction of sp³-hybridized carbons (Fsp3) is 0.0588. The number of nitro groups is 1. The van der Waals surface area contributed by atoms with Crippen LogP contribution in [0.4, 0.5) is 5.69 Å². The molecule has 1 unspecified atom stereocenters. The predicted octanol–water partition coefficient (Wildman–Crippen LogP) is 2.86. The van der Waals surface area contributed by atoms with Crippen LogP contribution in [-0.2, 0) is 0 Å². The van der Waals surface area contributed by atoms with Crippen molar-refractivity contribution in [2.24, 2.45) is 0 Å². The molecule has 1 aliphatic rings. The summed E-state index contributed by atoms with van der Waals surface area (Å²) >= 11 is 0. The van der Waals surface area contributed by atoms with Gasteiger partial charge in [0.1, 0.15) is 0 Å². The molecule has 0 saturated heterocycles. The van der Waals surface area contributed by atoms with Crippen LogP contribution in [0.1, 0.15) is 15.9 Å². The van der Waals surface area contributed by atoms with Crippen LogP contribution in [0, 0.1) is 21.4 Å². The highest BCUT2D eigenvalue weighted by molar-refractivity contribution is 6.09. The minimum atomic E-state index is -1.27. The minimum Gasteiger partial charge on any atom is -0.281 e. The first-order valence-electron chi connectivity index (χ1n) is 6.86. The number of para-hydroxylation sites is 1. The summed E-state index contributed by atoms with van der Waals surface area (Å²) in [6, 6.07) is 15.8. The predicted molar refractivity (Wildman–Crippen MR) is 84.1 cm³/mol. The van der Waals surface area contributed by atoms with E-state index < -0.39 is 16.9 Å². The number of anilines is 1. The van der Waals surface area contributed by atoms with Crippen LogP contribution in [0.3, 0.4) is 0 Å². The molecule has 1 aliphatic heterocycles. The number of fused-ring (bicyclic) bond motifs is 1. The third-order valence-corrected chi connectivity index (χ3v) is 3.61. The fourth-order valence-corrected chi connectivity index (χ4v) is 2.56. The van der Waals surface area contributed by atoms with Gasteiger partial charge in [0, 0.05) is 17.2 Å². The number of nitriles is 1. The van der Waals surface area contributed by atoms with Crippen molar-refractivity contribution in [1.82, 2.24) is 0 Å². The Morgan fingerprint density at radius 2 is 1.78 bits per heavy atom. The van der Waals surface area contributed by atoms with Gasteiger partial charge in [-0.15, -0.1) is 0 Å². The summed E-state index contributed by atoms with van der Waals surface area (Å²) < 4.78 is 0. The molecule has 112 valence electrons. The molecule has 1 heterocycles. The van der Waals surface area contributed by atoms with Crippen molar-refractivity contribution in [3.05, 3.63) is 81.5 Å². The molecule has 1 amide bonds. The Balaban J connectivity index is 2.18. The Morgan fingerprint density at radius 1 is 1.13 bits per heavy atom. The van der Waals surface area contributed by atoms with Crippen molar-refractivity contribution < 1.29 is 9.72 Å². The molecule has 0 saturated carbocycles. The van der Waals surface area contributed by atoms with E-state index >= 15 is 0 Å². The number of benzene rings is 2. The molecule has 6 nitrogen and oxygen atoms in total. The molecule has 0 aliphatic carbocycles. The highest BCUT2D eigenvalue weighted by Crippen LogP contribution is 2.33. The maximum Gasteiger partial charge on any atom is 0.284 e. The minimum absolute atomic E-state index is 0.310. The van der Waals surface area contributed by atoms with E-state index in [4.69, 9.17) is 0 Å². The lowest BCUT2D eigenvalue weighted by molar-refractivity contribution is -0.426. The SMILES string of the molecule is N#CC1C([N+](=O)[O-])=Cc2ccccc2N1C(=O)c1ccccc1. The van der Waals surface area contributed by atoms with E-state index in [-0.39, 0.29) is 5.70 Å². The van der Waals surface area contributed by atoms with Gasteiger partial charge in [-0.05, 0) is 18.2 Å². The number of hydrogen-bond donors (Lipinski definition) is 0. The molecule has 2 aromatic carbocycles. The van der Waals surface area contributed by atoms with Gasteiger partial charge >= 0.3 is 0 Å². The van der Waals surface area contributed by atoms with Gasteiger partial charge in [-0.2, -0.15) is 5.26 Å². The summed E-state index contributed by atoms with van der Waals surface area (Å²) in [6.07, 6.45) is 1.35. The van der Waals surface area contributed by atoms with Crippen LogP contribution in [0.5, 0.6) is 0 Å². The molecule has 1 atom stereocenters. The van der Waals surface area contributed by atoms with Gasteiger partial charge in [-0.1, -0.05) is 36.4 Å². The second-order valence-electron chi connectivity index (χ2n) is 4.96. The van der Waals surface area contributed by atoms with Crippen LogP contribution in [0.15, 0.2) is 60.3 Å². The summed E-state index contributed by atoms with van der Waals surface area (Å²) in [4.78, 5) is 24.7. The van der Waals surface area contributed by atoms with Crippen LogP contribution < -0.4 is 4.90 Å². The zero-order valence-electron chi connectivity index (χ0n) is 11.9. The molecule has 0 fully saturated rings. The molecule has 0 N–H and O–H groups in total. The van der Waals surface area contributed by atoms with E-state index in [1.807, 2.05) is 6.07 Å². The van der Waals surface area contributed by atoms with E-state index in [0.29, 0.717) is 16.8 Å². The Morgan fingerprint density at radius 3 is 2.43 bits per heavy atom. The van der Waals surface area contributed by atoms with Crippen LogP contribution in [0.25, 0.3) is 6.08 Å². The van der Waals surface area contributed by atoms with Crippen molar-refractivity contribution in [3.8, 4) is 6.07 Å². The molecule has 0 aromatic heterocycles. The zero-order valence-corrected chi connectivity index (χ0v) is 11.9. The van der Waals surface area contributed by atoms with Gasteiger partial charge in [-0.25, -0.2) is 0 Å². The monoisotopic (exact) mass is 305 g/mol. The average Bonchev–Trinajstić information content (AvgIpc) is 2.60. The molecule has 3 rings (SSSR count). The van der Waals surface area contributed by atoms with Gasteiger partial charge in [-0.3, -0.25) is 19.8 Å². The summed E-state index contributed by atoms with van der Waals surface area (Å²) in [6.45, 7) is 0. The van der Waals surface area contributed by atoms with Crippen LogP contribution in [0.2, 0.25) is 0 Å². The molecule has 2 aromatic rings. The first-order chi connectivity index (χ1) is 11.1. The number of carbonyl (C=O) groups is 1. The van der Waals surface area contributed by atoms with Gasteiger partial charge in [0.25, 0.3) is 11.6 Å². The fourth-order valence-electron chi connectivity index (χ4n) is 2.56. The Bertz CT molecular complexity index is 853. The molecule has 0 radical (unpaired) electrons. The van der Waals surface area contributed by atoms with Crippen molar-refractivity contribution in [3.63, 3.8) is 0 Å². The number of hydrogen-bond acceptors (Lipinski definition) is 4. The van der Waals surface area contributed by atoms with Crippen molar-refractivity contribution >= 4 is 17.7 Å². The smallest absolute Gasteiger partial charge is 0.281 e. The molecule has 0 bridgehead atoms. The number of amides is 1. The number of carbonyl (C=O) groups excluding carboxylic acids is 1. The highest BCUT2D eigenvalue weighted by atomic mass is 16.6. The number of rotatable bonds is 2. The lowest BCUT2D eigenvalue weighted by atomic mass is 9.99. The van der Waals surface area contributed by atoms with Crippen molar-refractivity contribution in [2.75, 3.05) is 4.90 Å². The zero-order chi connectivity index (χ0) is 16.4. The number of nitrogens with zero attached hydrogens (tertiary/aromatic N) is 3. The molecule has 0 spiro atoms. The molecular formula is C17H11N3O3. The molecule has 23 heavy (non-hydrogen) atoms. The summed E-state index contributed by atoms with van der Waals surface area (Å²) in [5, 5.41) is 20.7. The highest BCUT2D eigenvalue weighted by Gasteiger charge is 2.39. The Labute approximate surface area is 132 Å². The first-order valence-corrected chi connectivity index (χ1v) is 6.86. The van der Waals surface area contributed by atoms with Crippen molar-refractivity contribution in [2.45, 2.75) is 6.04 Å². The Hall–Kier alpha value is -3.46. The summed E-state index contributed by atoms with van der Waals surface area (Å²) in [7, 11) is 0. The third kappa shape index (κ3) is 2.45. The first kappa shape index (κ1) is 14.5. The van der Waals surface area contributed by atoms with Gasteiger partial charge in [0.15, 0.2) is 0 Å². The maximum absolute atomic E-state index is 12.8. The van der Waals surface area contributed by atoms with E-state index in [1.165, 1.54) is 11.0 Å². The molecule has 6 heteroatoms. The van der Waals surface area contributed by atoms with Crippen molar-refractivity contribution in [1.29, 1.82) is 5.26 Å². The topological polar surface area (TPSA) is 87.2 Å². The largest absolute Gasteiger partial charge is 0.284 e. The standard InChI is InChI=1S/C17H11N3O3/c18-11-16-15(20(22)23)10-13-8-4-5-9-14(13)19(16)17(21)12-6-2-1-3-7-12/h1-10,16H. The lowest BCUT2D eigenvalue weighted by Gasteiger charge is -2.30. The lowest BCUT2D eigenvalue weighted by Crippen LogP contribution is -2.44. The van der Waals surface area contributed by atoms with Crippen LogP contribution >= 0.6 is 0 Å². The average molecular weight is 305 g/mol. The normalized spacial score (nSPS) is 16.0. The van der Waals surface area contributed by atoms with E-state index in [9.17, 15) is 20.2 Å².